The molecule has 0 bridgehead atoms. The third kappa shape index (κ3) is 4.13. The Labute approximate surface area is 111 Å². The molecule has 0 heterocycles. The molecule has 0 amide bonds. The summed E-state index contributed by atoms with van der Waals surface area (Å²) in [7, 11) is 0. The first-order valence-electron chi connectivity index (χ1n) is 5.46. The molecule has 17 heavy (non-hydrogen) atoms. The highest BCUT2D eigenvalue weighted by atomic mass is 35.5. The molecule has 1 atom stereocenters. The van der Waals surface area contributed by atoms with Gasteiger partial charge in [-0.1, -0.05) is 18.5 Å². The molecule has 0 radical (unpaired) electrons. The second-order valence-electron chi connectivity index (χ2n) is 3.45. The molecule has 0 saturated heterocycles. The van der Waals surface area contributed by atoms with Crippen LogP contribution in [0.2, 0.25) is 5.02 Å². The van der Waals surface area contributed by atoms with Crippen LogP contribution in [0.1, 0.15) is 20.3 Å². The first kappa shape index (κ1) is 14.2. The van der Waals surface area contributed by atoms with E-state index >= 15 is 0 Å². The molecule has 0 aromatic heterocycles. The minimum absolute atomic E-state index is 0.200. The summed E-state index contributed by atoms with van der Waals surface area (Å²) in [6.07, 6.45) is 0.700. The van der Waals surface area contributed by atoms with Crippen LogP contribution >= 0.6 is 23.4 Å². The number of nitrogens with two attached hydrogens (primary N) is 1. The van der Waals surface area contributed by atoms with E-state index in [0.29, 0.717) is 23.7 Å². The smallest absolute Gasteiger partial charge is 0.319 e. The predicted octanol–water partition coefficient (Wildman–Crippen LogP) is 3.36. The summed E-state index contributed by atoms with van der Waals surface area (Å²) < 4.78 is 5.00. The van der Waals surface area contributed by atoms with Gasteiger partial charge in [0, 0.05) is 15.6 Å². The van der Waals surface area contributed by atoms with Gasteiger partial charge in [-0.15, -0.1) is 11.8 Å². The zero-order valence-corrected chi connectivity index (χ0v) is 11.5. The maximum atomic E-state index is 11.6. The van der Waals surface area contributed by atoms with Gasteiger partial charge in [0.2, 0.25) is 0 Å². The normalized spacial score (nSPS) is 12.2. The molecule has 3 nitrogen and oxygen atoms in total. The van der Waals surface area contributed by atoms with Crippen LogP contribution in [0.5, 0.6) is 0 Å². The lowest BCUT2D eigenvalue weighted by molar-refractivity contribution is -0.142. The SMILES string of the molecule is CCOC(=O)C(CC)Sc1ccc(Cl)cc1N. The van der Waals surface area contributed by atoms with E-state index in [1.165, 1.54) is 11.8 Å². The maximum absolute atomic E-state index is 11.6. The topological polar surface area (TPSA) is 52.3 Å². The lowest BCUT2D eigenvalue weighted by Gasteiger charge is -2.14. The lowest BCUT2D eigenvalue weighted by Crippen LogP contribution is -2.19. The van der Waals surface area contributed by atoms with Crippen molar-refractivity contribution in [2.24, 2.45) is 0 Å². The van der Waals surface area contributed by atoms with Gasteiger partial charge in [0.1, 0.15) is 5.25 Å². The van der Waals surface area contributed by atoms with Crippen LogP contribution in [-0.4, -0.2) is 17.8 Å². The van der Waals surface area contributed by atoms with E-state index in [9.17, 15) is 4.79 Å². The standard InChI is InChI=1S/C12H16ClNO2S/c1-3-10(12(15)16-4-2)17-11-6-5-8(13)7-9(11)14/h5-7,10H,3-4,14H2,1-2H3. The van der Waals surface area contributed by atoms with E-state index in [0.717, 1.165) is 4.90 Å². The summed E-state index contributed by atoms with van der Waals surface area (Å²) in [4.78, 5) is 12.5. The van der Waals surface area contributed by atoms with Gasteiger partial charge in [0.25, 0.3) is 0 Å². The largest absolute Gasteiger partial charge is 0.465 e. The molecule has 0 fully saturated rings. The Hall–Kier alpha value is -0.870. The second kappa shape index (κ2) is 6.77. The summed E-state index contributed by atoms with van der Waals surface area (Å²) in [5.41, 5.74) is 6.43. The summed E-state index contributed by atoms with van der Waals surface area (Å²) in [6.45, 7) is 4.14. The number of anilines is 1. The molecule has 0 saturated carbocycles. The number of carbonyl (C=O) groups is 1. The molecule has 5 heteroatoms. The fourth-order valence-electron chi connectivity index (χ4n) is 1.31. The lowest BCUT2D eigenvalue weighted by atomic mass is 10.3. The minimum atomic E-state index is -0.224. The van der Waals surface area contributed by atoms with E-state index in [-0.39, 0.29) is 11.2 Å². The third-order valence-corrected chi connectivity index (χ3v) is 3.83. The highest BCUT2D eigenvalue weighted by Crippen LogP contribution is 2.32. The number of ether oxygens (including phenoxy) is 1. The van der Waals surface area contributed by atoms with Crippen molar-refractivity contribution >= 4 is 35.0 Å². The molecule has 94 valence electrons. The maximum Gasteiger partial charge on any atom is 0.319 e. The number of thioether (sulfide) groups is 1. The fraction of sp³-hybridized carbons (Fsp3) is 0.417. The second-order valence-corrected chi connectivity index (χ2v) is 5.13. The van der Waals surface area contributed by atoms with Crippen LogP contribution in [0.25, 0.3) is 0 Å². The van der Waals surface area contributed by atoms with Crippen LogP contribution in [0.4, 0.5) is 5.69 Å². The van der Waals surface area contributed by atoms with Crippen molar-refractivity contribution in [1.29, 1.82) is 0 Å². The van der Waals surface area contributed by atoms with Crippen LogP contribution in [-0.2, 0) is 9.53 Å². The van der Waals surface area contributed by atoms with Gasteiger partial charge in [-0.3, -0.25) is 4.79 Å². The summed E-state index contributed by atoms with van der Waals surface area (Å²) >= 11 is 7.23. The number of carbonyl (C=O) groups excluding carboxylic acids is 1. The Bertz CT molecular complexity index is 398. The van der Waals surface area contributed by atoms with Crippen LogP contribution in [0.3, 0.4) is 0 Å². The van der Waals surface area contributed by atoms with Gasteiger partial charge in [-0.25, -0.2) is 0 Å². The quantitative estimate of drug-likeness (QED) is 0.508. The van der Waals surface area contributed by atoms with Crippen molar-refractivity contribution < 1.29 is 9.53 Å². The molecular weight excluding hydrogens is 258 g/mol. The summed E-state index contributed by atoms with van der Waals surface area (Å²) in [5.74, 6) is -0.200. The van der Waals surface area contributed by atoms with Crippen molar-refractivity contribution in [3.63, 3.8) is 0 Å². The molecule has 1 aromatic carbocycles. The Morgan fingerprint density at radius 3 is 2.76 bits per heavy atom. The highest BCUT2D eigenvalue weighted by Gasteiger charge is 2.19. The monoisotopic (exact) mass is 273 g/mol. The number of esters is 1. The van der Waals surface area contributed by atoms with E-state index < -0.39 is 0 Å². The molecule has 0 spiro atoms. The fourth-order valence-corrected chi connectivity index (χ4v) is 2.47. The van der Waals surface area contributed by atoms with Gasteiger partial charge in [0.05, 0.1) is 6.61 Å². The minimum Gasteiger partial charge on any atom is -0.465 e. The average Bonchev–Trinajstić information content (AvgIpc) is 2.28. The van der Waals surface area contributed by atoms with Gasteiger partial charge in [-0.05, 0) is 31.5 Å². The number of halogens is 1. The Morgan fingerprint density at radius 1 is 1.53 bits per heavy atom. The van der Waals surface area contributed by atoms with Crippen LogP contribution < -0.4 is 5.73 Å². The predicted molar refractivity (Wildman–Crippen MR) is 72.4 cm³/mol. The zero-order valence-electron chi connectivity index (χ0n) is 9.90. The third-order valence-electron chi connectivity index (χ3n) is 2.16. The van der Waals surface area contributed by atoms with Crippen molar-refractivity contribution in [2.45, 2.75) is 30.4 Å². The first-order valence-corrected chi connectivity index (χ1v) is 6.72. The first-order chi connectivity index (χ1) is 8.08. The zero-order chi connectivity index (χ0) is 12.8. The number of nitrogen functional groups attached to an aromatic ring is 1. The molecular formula is C12H16ClNO2S. The number of rotatable bonds is 5. The van der Waals surface area contributed by atoms with Crippen molar-refractivity contribution in [3.05, 3.63) is 23.2 Å². The molecule has 0 aliphatic heterocycles. The highest BCUT2D eigenvalue weighted by molar-refractivity contribution is 8.00. The average molecular weight is 274 g/mol. The Morgan fingerprint density at radius 2 is 2.24 bits per heavy atom. The molecule has 1 rings (SSSR count). The molecule has 2 N–H and O–H groups in total. The van der Waals surface area contributed by atoms with Gasteiger partial charge in [-0.2, -0.15) is 0 Å². The summed E-state index contributed by atoms with van der Waals surface area (Å²) in [6, 6.07) is 5.27. The van der Waals surface area contributed by atoms with Gasteiger partial charge < -0.3 is 10.5 Å². The molecule has 1 aromatic rings. The van der Waals surface area contributed by atoms with E-state index in [1.807, 2.05) is 13.0 Å². The van der Waals surface area contributed by atoms with E-state index in [4.69, 9.17) is 22.1 Å². The molecule has 0 aliphatic carbocycles. The van der Waals surface area contributed by atoms with E-state index in [2.05, 4.69) is 0 Å². The van der Waals surface area contributed by atoms with Crippen LogP contribution in [0, 0.1) is 0 Å². The van der Waals surface area contributed by atoms with Gasteiger partial charge >= 0.3 is 5.97 Å². The van der Waals surface area contributed by atoms with Crippen molar-refractivity contribution in [1.82, 2.24) is 0 Å². The summed E-state index contributed by atoms with van der Waals surface area (Å²) in [5, 5.41) is 0.370. The van der Waals surface area contributed by atoms with Crippen molar-refractivity contribution in [3.8, 4) is 0 Å². The molecule has 0 aliphatic rings. The number of benzene rings is 1. The van der Waals surface area contributed by atoms with Crippen molar-refractivity contribution in [2.75, 3.05) is 12.3 Å². The number of hydrogen-bond donors (Lipinski definition) is 1. The number of hydrogen-bond acceptors (Lipinski definition) is 4. The van der Waals surface area contributed by atoms with Crippen LogP contribution in [0.15, 0.2) is 23.1 Å². The van der Waals surface area contributed by atoms with Gasteiger partial charge in [0.15, 0.2) is 0 Å². The van der Waals surface area contributed by atoms with E-state index in [1.54, 1.807) is 19.1 Å². The Kier molecular flexibility index (Phi) is 5.65. The Balaban J connectivity index is 2.77. The molecule has 1 unspecified atom stereocenters.